The lowest BCUT2D eigenvalue weighted by Crippen LogP contribution is -1.96. The smallest absolute Gasteiger partial charge is 0.159 e. The molecule has 0 aliphatic heterocycles. The zero-order valence-electron chi connectivity index (χ0n) is 7.81. The molecule has 14 heavy (non-hydrogen) atoms. The number of aliphatic hydroxyl groups excluding tert-OH is 1. The minimum absolute atomic E-state index is 0.547. The summed E-state index contributed by atoms with van der Waals surface area (Å²) in [4.78, 5) is 0. The van der Waals surface area contributed by atoms with E-state index in [4.69, 9.17) is 6.42 Å². The Hall–Kier alpha value is -1.79. The second-order valence-corrected chi connectivity index (χ2v) is 3.10. The number of terminal acetylenes is 1. The minimum atomic E-state index is -0.930. The number of hydrogen-bond acceptors (Lipinski definition) is 2. The summed E-state index contributed by atoms with van der Waals surface area (Å²) >= 11 is 0. The highest BCUT2D eigenvalue weighted by atomic mass is 16.3. The third kappa shape index (κ3) is 1.17. The predicted molar refractivity (Wildman–Crippen MR) is 54.5 cm³/mol. The second-order valence-electron chi connectivity index (χ2n) is 3.10. The number of aryl methyl sites for hydroxylation is 1. The summed E-state index contributed by atoms with van der Waals surface area (Å²) in [6, 6.07) is 7.67. The maximum Gasteiger partial charge on any atom is 0.159 e. The number of benzene rings is 1. The highest BCUT2D eigenvalue weighted by Crippen LogP contribution is 2.22. The van der Waals surface area contributed by atoms with Gasteiger partial charge in [0.15, 0.2) is 6.10 Å². The molecule has 1 unspecified atom stereocenters. The lowest BCUT2D eigenvalue weighted by Gasteiger charge is -1.97. The summed E-state index contributed by atoms with van der Waals surface area (Å²) in [6.07, 6.45) is 4.23. The Morgan fingerprint density at radius 3 is 2.93 bits per heavy atom. The van der Waals surface area contributed by atoms with E-state index < -0.39 is 6.10 Å². The zero-order valence-corrected chi connectivity index (χ0v) is 7.81. The van der Waals surface area contributed by atoms with Crippen LogP contribution in [0.5, 0.6) is 0 Å². The van der Waals surface area contributed by atoms with Crippen molar-refractivity contribution in [3.63, 3.8) is 0 Å². The number of para-hydroxylation sites is 1. The van der Waals surface area contributed by atoms with Gasteiger partial charge in [-0.3, -0.25) is 4.68 Å². The van der Waals surface area contributed by atoms with Crippen LogP contribution in [0, 0.1) is 12.3 Å². The SMILES string of the molecule is C#CC(O)c1nn(C)c2ccccc12. The van der Waals surface area contributed by atoms with Crippen LogP contribution >= 0.6 is 0 Å². The summed E-state index contributed by atoms with van der Waals surface area (Å²) in [5, 5.41) is 14.6. The van der Waals surface area contributed by atoms with Crippen LogP contribution in [0.3, 0.4) is 0 Å². The van der Waals surface area contributed by atoms with Gasteiger partial charge in [-0.25, -0.2) is 0 Å². The number of hydrogen-bond donors (Lipinski definition) is 1. The maximum absolute atomic E-state index is 9.53. The zero-order chi connectivity index (χ0) is 10.1. The molecule has 1 N–H and O–H groups in total. The molecule has 0 aliphatic rings. The lowest BCUT2D eigenvalue weighted by atomic mass is 10.1. The van der Waals surface area contributed by atoms with Crippen LogP contribution < -0.4 is 0 Å². The molecule has 3 nitrogen and oxygen atoms in total. The van der Waals surface area contributed by atoms with Gasteiger partial charge in [-0.05, 0) is 6.07 Å². The highest BCUT2D eigenvalue weighted by Gasteiger charge is 2.13. The molecule has 0 bridgehead atoms. The Kier molecular flexibility index (Phi) is 1.99. The van der Waals surface area contributed by atoms with Crippen LogP contribution in [0.2, 0.25) is 0 Å². The molecule has 0 aliphatic carbocycles. The average Bonchev–Trinajstić information content (AvgIpc) is 2.56. The third-order valence-corrected chi connectivity index (χ3v) is 2.20. The Labute approximate surface area is 82.0 Å². The van der Waals surface area contributed by atoms with Crippen molar-refractivity contribution >= 4 is 10.9 Å². The summed E-state index contributed by atoms with van der Waals surface area (Å²) in [6.45, 7) is 0. The van der Waals surface area contributed by atoms with Crippen molar-refractivity contribution in [3.8, 4) is 12.3 Å². The Morgan fingerprint density at radius 2 is 2.21 bits per heavy atom. The van der Waals surface area contributed by atoms with Gasteiger partial charge in [0.2, 0.25) is 0 Å². The molecule has 0 spiro atoms. The first-order valence-corrected chi connectivity index (χ1v) is 4.30. The minimum Gasteiger partial charge on any atom is -0.374 e. The van der Waals surface area contributed by atoms with Crippen LogP contribution in [-0.2, 0) is 7.05 Å². The molecular formula is C11H10N2O. The second kappa shape index (κ2) is 3.17. The van der Waals surface area contributed by atoms with Gasteiger partial charge in [0.1, 0.15) is 5.69 Å². The monoisotopic (exact) mass is 186 g/mol. The van der Waals surface area contributed by atoms with Gasteiger partial charge in [-0.1, -0.05) is 24.1 Å². The van der Waals surface area contributed by atoms with Gasteiger partial charge in [0.05, 0.1) is 5.52 Å². The van der Waals surface area contributed by atoms with Crippen LogP contribution in [0.4, 0.5) is 0 Å². The molecule has 1 aromatic heterocycles. The summed E-state index contributed by atoms with van der Waals surface area (Å²) in [5.74, 6) is 2.27. The van der Waals surface area contributed by atoms with E-state index in [-0.39, 0.29) is 0 Å². The quantitative estimate of drug-likeness (QED) is 0.680. The summed E-state index contributed by atoms with van der Waals surface area (Å²) in [7, 11) is 1.83. The largest absolute Gasteiger partial charge is 0.374 e. The van der Waals surface area contributed by atoms with E-state index in [0.29, 0.717) is 5.69 Å². The molecule has 0 amide bonds. The maximum atomic E-state index is 9.53. The topological polar surface area (TPSA) is 38.1 Å². The van der Waals surface area contributed by atoms with Crippen molar-refractivity contribution < 1.29 is 5.11 Å². The Morgan fingerprint density at radius 1 is 1.50 bits per heavy atom. The first kappa shape index (κ1) is 8.79. The van der Waals surface area contributed by atoms with Crippen LogP contribution in [0.1, 0.15) is 11.8 Å². The van der Waals surface area contributed by atoms with Gasteiger partial charge >= 0.3 is 0 Å². The molecule has 1 atom stereocenters. The van der Waals surface area contributed by atoms with Crippen molar-refractivity contribution in [2.24, 2.45) is 7.05 Å². The van der Waals surface area contributed by atoms with Gasteiger partial charge in [0, 0.05) is 12.4 Å². The number of fused-ring (bicyclic) bond motifs is 1. The predicted octanol–water partition coefficient (Wildman–Crippen LogP) is 1.24. The Bertz CT molecular complexity index is 507. The fourth-order valence-corrected chi connectivity index (χ4v) is 1.52. The number of nitrogens with zero attached hydrogens (tertiary/aromatic N) is 2. The highest BCUT2D eigenvalue weighted by molar-refractivity contribution is 5.82. The van der Waals surface area contributed by atoms with E-state index in [1.165, 1.54) is 0 Å². The van der Waals surface area contributed by atoms with Crippen molar-refractivity contribution in [1.29, 1.82) is 0 Å². The van der Waals surface area contributed by atoms with Gasteiger partial charge in [0.25, 0.3) is 0 Å². The molecule has 1 heterocycles. The van der Waals surface area contributed by atoms with Gasteiger partial charge in [-0.15, -0.1) is 6.42 Å². The van der Waals surface area contributed by atoms with Crippen LogP contribution in [-0.4, -0.2) is 14.9 Å². The fraction of sp³-hybridized carbons (Fsp3) is 0.182. The molecule has 70 valence electrons. The van der Waals surface area contributed by atoms with Crippen molar-refractivity contribution in [3.05, 3.63) is 30.0 Å². The van der Waals surface area contributed by atoms with E-state index in [2.05, 4.69) is 11.0 Å². The molecular weight excluding hydrogens is 176 g/mol. The Balaban J connectivity index is 2.74. The number of rotatable bonds is 1. The summed E-state index contributed by atoms with van der Waals surface area (Å²) in [5.41, 5.74) is 1.52. The number of aromatic nitrogens is 2. The van der Waals surface area contributed by atoms with Crippen LogP contribution in [0.25, 0.3) is 10.9 Å². The van der Waals surface area contributed by atoms with E-state index in [1.54, 1.807) is 4.68 Å². The first-order valence-electron chi connectivity index (χ1n) is 4.30. The van der Waals surface area contributed by atoms with Crippen LogP contribution in [0.15, 0.2) is 24.3 Å². The molecule has 2 rings (SSSR count). The number of aliphatic hydroxyl groups is 1. The van der Waals surface area contributed by atoms with E-state index in [1.807, 2.05) is 31.3 Å². The molecule has 0 saturated heterocycles. The van der Waals surface area contributed by atoms with Crippen molar-refractivity contribution in [2.45, 2.75) is 6.10 Å². The normalized spacial score (nSPS) is 12.6. The molecule has 0 fully saturated rings. The fourth-order valence-electron chi connectivity index (χ4n) is 1.52. The third-order valence-electron chi connectivity index (χ3n) is 2.20. The van der Waals surface area contributed by atoms with Gasteiger partial charge < -0.3 is 5.11 Å². The van der Waals surface area contributed by atoms with Crippen molar-refractivity contribution in [2.75, 3.05) is 0 Å². The standard InChI is InChI=1S/C11H10N2O/c1-3-10(14)11-8-6-4-5-7-9(8)13(2)12-11/h1,4-7,10,14H,2H3. The van der Waals surface area contributed by atoms with E-state index in [0.717, 1.165) is 10.9 Å². The van der Waals surface area contributed by atoms with E-state index >= 15 is 0 Å². The molecule has 0 saturated carbocycles. The first-order chi connectivity index (χ1) is 6.74. The molecule has 1 aromatic carbocycles. The molecule has 3 heteroatoms. The molecule has 0 radical (unpaired) electrons. The van der Waals surface area contributed by atoms with Gasteiger partial charge in [-0.2, -0.15) is 5.10 Å². The molecule has 2 aromatic rings. The lowest BCUT2D eigenvalue weighted by molar-refractivity contribution is 0.234. The van der Waals surface area contributed by atoms with Crippen molar-refractivity contribution in [1.82, 2.24) is 9.78 Å². The summed E-state index contributed by atoms with van der Waals surface area (Å²) < 4.78 is 1.71. The van der Waals surface area contributed by atoms with E-state index in [9.17, 15) is 5.11 Å². The average molecular weight is 186 g/mol.